The highest BCUT2D eigenvalue weighted by molar-refractivity contribution is 6.02. The van der Waals surface area contributed by atoms with Crippen molar-refractivity contribution in [3.05, 3.63) is 178 Å². The number of nitrogens with one attached hydrogen (secondary N) is 1. The molecule has 5 aliphatic carbocycles. The molecule has 238 valence electrons. The maximum Gasteiger partial charge on any atom is 0.129 e. The van der Waals surface area contributed by atoms with Crippen molar-refractivity contribution in [2.45, 2.75) is 75.8 Å². The van der Waals surface area contributed by atoms with Crippen molar-refractivity contribution < 1.29 is 0 Å². The molecule has 4 atom stereocenters. The zero-order chi connectivity index (χ0) is 32.0. The van der Waals surface area contributed by atoms with Crippen LogP contribution in [0, 0.1) is 0 Å². The SMILES string of the molecule is C[C@@H]1c2c(c(C3=CC=CCC3)c3ccccc3c2C2C=CC(N3C4=C(C=CCC4)NC3C3=CCCC=C3)=CC2)C=CC1c1ccccc1. The van der Waals surface area contributed by atoms with Crippen LogP contribution in [0.2, 0.25) is 0 Å². The van der Waals surface area contributed by atoms with Crippen molar-refractivity contribution in [1.82, 2.24) is 10.2 Å². The molecule has 2 nitrogen and oxygen atoms in total. The minimum atomic E-state index is 0.157. The van der Waals surface area contributed by atoms with E-state index < -0.39 is 0 Å². The monoisotopic (exact) mass is 624 g/mol. The molecule has 1 N–H and O–H groups in total. The van der Waals surface area contributed by atoms with E-state index in [1.54, 1.807) is 5.56 Å². The molecular weight excluding hydrogens is 581 g/mol. The standard InChI is InChI=1S/C46H44N2/c1-31-37(32-15-5-2-6-16-32)29-30-40-43(31)45(39-22-12-11-21-38(39)44(40)33-17-7-3-8-18-33)34-25-27-36(28-26-34)48-42-24-14-13-23-41(42)47-46(48)35-19-9-4-10-20-35/h2-3,5-7,9,11-13,15-17,19-23,25,27-31,34,37,46-47H,4,8,10,14,18,24,26H2,1H3/t31-,34?,37?,46?/m0/s1. The summed E-state index contributed by atoms with van der Waals surface area (Å²) in [6.07, 6.45) is 38.9. The van der Waals surface area contributed by atoms with Gasteiger partial charge in [-0.3, -0.25) is 0 Å². The first-order valence-corrected chi connectivity index (χ1v) is 18.1. The lowest BCUT2D eigenvalue weighted by molar-refractivity contribution is 0.359. The summed E-state index contributed by atoms with van der Waals surface area (Å²) in [7, 11) is 0. The molecule has 3 aromatic rings. The highest BCUT2D eigenvalue weighted by atomic mass is 15.3. The van der Waals surface area contributed by atoms with E-state index >= 15 is 0 Å². The number of hydrogen-bond acceptors (Lipinski definition) is 2. The number of allylic oxidation sites excluding steroid dienone is 13. The minimum absolute atomic E-state index is 0.157. The van der Waals surface area contributed by atoms with Gasteiger partial charge in [0.25, 0.3) is 0 Å². The number of nitrogens with zero attached hydrogens (tertiary/aromatic N) is 1. The molecule has 0 saturated heterocycles. The number of benzene rings is 3. The fourth-order valence-corrected chi connectivity index (χ4v) is 9.12. The van der Waals surface area contributed by atoms with Crippen LogP contribution in [0.4, 0.5) is 0 Å². The lowest BCUT2D eigenvalue weighted by Crippen LogP contribution is -2.38. The Kier molecular flexibility index (Phi) is 7.53. The smallest absolute Gasteiger partial charge is 0.129 e. The van der Waals surface area contributed by atoms with Crippen molar-refractivity contribution in [2.24, 2.45) is 0 Å². The van der Waals surface area contributed by atoms with Gasteiger partial charge in [0.1, 0.15) is 6.17 Å². The van der Waals surface area contributed by atoms with Gasteiger partial charge >= 0.3 is 0 Å². The molecule has 1 heterocycles. The average molecular weight is 625 g/mol. The molecule has 0 fully saturated rings. The normalized spacial score (nSPS) is 25.9. The first-order chi connectivity index (χ1) is 23.8. The zero-order valence-electron chi connectivity index (χ0n) is 27.9. The Morgan fingerprint density at radius 1 is 0.729 bits per heavy atom. The van der Waals surface area contributed by atoms with Crippen LogP contribution < -0.4 is 5.32 Å². The van der Waals surface area contributed by atoms with Crippen LogP contribution in [-0.4, -0.2) is 11.1 Å². The second-order valence-corrected chi connectivity index (χ2v) is 14.1. The van der Waals surface area contributed by atoms with Crippen molar-refractivity contribution in [1.29, 1.82) is 0 Å². The second-order valence-electron chi connectivity index (χ2n) is 14.1. The molecule has 2 heteroatoms. The van der Waals surface area contributed by atoms with Gasteiger partial charge in [0.15, 0.2) is 0 Å². The van der Waals surface area contributed by atoms with Gasteiger partial charge in [-0.1, -0.05) is 128 Å². The van der Waals surface area contributed by atoms with E-state index in [-0.39, 0.29) is 6.17 Å². The van der Waals surface area contributed by atoms with E-state index in [4.69, 9.17) is 0 Å². The van der Waals surface area contributed by atoms with E-state index in [9.17, 15) is 0 Å². The Labute approximate surface area is 285 Å². The summed E-state index contributed by atoms with van der Waals surface area (Å²) in [5.41, 5.74) is 14.3. The van der Waals surface area contributed by atoms with Crippen LogP contribution in [-0.2, 0) is 0 Å². The molecule has 0 amide bonds. The Morgan fingerprint density at radius 2 is 1.56 bits per heavy atom. The molecule has 0 spiro atoms. The molecular formula is C46H44N2. The molecule has 48 heavy (non-hydrogen) atoms. The third kappa shape index (κ3) is 4.93. The predicted molar refractivity (Wildman–Crippen MR) is 202 cm³/mol. The van der Waals surface area contributed by atoms with Crippen LogP contribution in [0.15, 0.2) is 150 Å². The Hall–Kier alpha value is -4.82. The summed E-state index contributed by atoms with van der Waals surface area (Å²) in [4.78, 5) is 2.60. The first kappa shape index (κ1) is 29.3. The van der Waals surface area contributed by atoms with E-state index in [2.05, 4.69) is 151 Å². The third-order valence-electron chi connectivity index (χ3n) is 11.4. The van der Waals surface area contributed by atoms with Gasteiger partial charge in [-0.2, -0.15) is 0 Å². The summed E-state index contributed by atoms with van der Waals surface area (Å²) in [6.45, 7) is 2.47. The summed E-state index contributed by atoms with van der Waals surface area (Å²) in [6, 6.07) is 20.4. The van der Waals surface area contributed by atoms with E-state index in [1.165, 1.54) is 61.3 Å². The Bertz CT molecular complexity index is 2060. The van der Waals surface area contributed by atoms with Crippen molar-refractivity contribution in [3.8, 4) is 0 Å². The maximum atomic E-state index is 3.89. The fourth-order valence-electron chi connectivity index (χ4n) is 9.12. The molecule has 0 radical (unpaired) electrons. The number of fused-ring (bicyclic) bond motifs is 2. The van der Waals surface area contributed by atoms with E-state index in [0.717, 1.165) is 44.9 Å². The fraction of sp³-hybridized carbons (Fsp3) is 0.261. The minimum Gasteiger partial charge on any atom is -0.360 e. The molecule has 0 bridgehead atoms. The van der Waals surface area contributed by atoms with Gasteiger partial charge in [0.2, 0.25) is 0 Å². The van der Waals surface area contributed by atoms with Crippen molar-refractivity contribution >= 4 is 22.4 Å². The van der Waals surface area contributed by atoms with Crippen LogP contribution in [0.3, 0.4) is 0 Å². The topological polar surface area (TPSA) is 15.3 Å². The van der Waals surface area contributed by atoms with Crippen LogP contribution in [0.25, 0.3) is 22.4 Å². The Balaban J connectivity index is 1.16. The predicted octanol–water partition coefficient (Wildman–Crippen LogP) is 11.5. The molecule has 9 rings (SSSR count). The molecule has 0 saturated carbocycles. The summed E-state index contributed by atoms with van der Waals surface area (Å²) >= 11 is 0. The molecule has 1 aliphatic heterocycles. The van der Waals surface area contributed by atoms with Crippen LogP contribution in [0.5, 0.6) is 0 Å². The molecule has 6 aliphatic rings. The van der Waals surface area contributed by atoms with Gasteiger partial charge in [0, 0.05) is 23.2 Å². The summed E-state index contributed by atoms with van der Waals surface area (Å²) in [5, 5.41) is 6.71. The number of hydrogen-bond donors (Lipinski definition) is 1. The lowest BCUT2D eigenvalue weighted by Gasteiger charge is -2.36. The highest BCUT2D eigenvalue weighted by Gasteiger charge is 2.37. The lowest BCUT2D eigenvalue weighted by atomic mass is 9.69. The average Bonchev–Trinajstić information content (AvgIpc) is 3.55. The van der Waals surface area contributed by atoms with Gasteiger partial charge in [-0.15, -0.1) is 0 Å². The highest BCUT2D eigenvalue weighted by Crippen LogP contribution is 2.51. The van der Waals surface area contributed by atoms with Crippen molar-refractivity contribution in [2.75, 3.05) is 0 Å². The second kappa shape index (κ2) is 12.3. The largest absolute Gasteiger partial charge is 0.360 e. The van der Waals surface area contributed by atoms with Gasteiger partial charge in [0.05, 0.1) is 5.70 Å². The quantitative estimate of drug-likeness (QED) is 0.304. The van der Waals surface area contributed by atoms with Gasteiger partial charge in [-0.25, -0.2) is 0 Å². The molecule has 0 aromatic heterocycles. The van der Waals surface area contributed by atoms with E-state index in [0.29, 0.717) is 17.8 Å². The van der Waals surface area contributed by atoms with Crippen LogP contribution in [0.1, 0.15) is 97.4 Å². The summed E-state index contributed by atoms with van der Waals surface area (Å²) in [5.74, 6) is 1.03. The third-order valence-corrected chi connectivity index (χ3v) is 11.4. The number of rotatable bonds is 5. The summed E-state index contributed by atoms with van der Waals surface area (Å²) < 4.78 is 0. The maximum absolute atomic E-state index is 3.89. The van der Waals surface area contributed by atoms with Gasteiger partial charge < -0.3 is 10.2 Å². The van der Waals surface area contributed by atoms with Crippen LogP contribution >= 0.6 is 0 Å². The Morgan fingerprint density at radius 3 is 2.35 bits per heavy atom. The van der Waals surface area contributed by atoms with Crippen molar-refractivity contribution in [3.63, 3.8) is 0 Å². The first-order valence-electron chi connectivity index (χ1n) is 18.1. The molecule has 3 aromatic carbocycles. The zero-order valence-corrected chi connectivity index (χ0v) is 27.9. The van der Waals surface area contributed by atoms with Gasteiger partial charge in [-0.05, 0) is 113 Å². The molecule has 3 unspecified atom stereocenters. The van der Waals surface area contributed by atoms with E-state index in [1.807, 2.05) is 0 Å².